The number of ether oxygens (including phenoxy) is 1. The molecule has 1 aliphatic heterocycles. The van der Waals surface area contributed by atoms with Gasteiger partial charge < -0.3 is 4.74 Å². The number of fused-ring (bicyclic) bond motifs is 3. The van der Waals surface area contributed by atoms with E-state index in [0.29, 0.717) is 17.5 Å². The van der Waals surface area contributed by atoms with Gasteiger partial charge in [0.1, 0.15) is 17.2 Å². The van der Waals surface area contributed by atoms with Crippen LogP contribution in [0.3, 0.4) is 0 Å². The highest BCUT2D eigenvalue weighted by atomic mass is 19.1. The molecule has 0 bridgehead atoms. The average Bonchev–Trinajstić information content (AvgIpc) is 3.01. The molecule has 0 amide bonds. The fourth-order valence-corrected chi connectivity index (χ4v) is 5.37. The maximum Gasteiger partial charge on any atom is 0.164 e. The molecule has 7 rings (SSSR count). The van der Waals surface area contributed by atoms with Crippen molar-refractivity contribution in [2.24, 2.45) is 0 Å². The summed E-state index contributed by atoms with van der Waals surface area (Å²) in [5.74, 6) is 2.24. The van der Waals surface area contributed by atoms with Crippen molar-refractivity contribution in [1.82, 2.24) is 15.0 Å². The highest BCUT2D eigenvalue weighted by Crippen LogP contribution is 2.46. The Hall–Kier alpha value is -5.16. The van der Waals surface area contributed by atoms with E-state index in [9.17, 15) is 4.39 Å². The van der Waals surface area contributed by atoms with Gasteiger partial charge >= 0.3 is 0 Å². The van der Waals surface area contributed by atoms with Crippen molar-refractivity contribution < 1.29 is 9.13 Å². The van der Waals surface area contributed by atoms with Crippen molar-refractivity contribution >= 4 is 0 Å². The van der Waals surface area contributed by atoms with E-state index in [1.54, 1.807) is 12.1 Å². The summed E-state index contributed by atoms with van der Waals surface area (Å²) >= 11 is 0. The molecule has 5 aromatic carbocycles. The summed E-state index contributed by atoms with van der Waals surface area (Å²) in [7, 11) is 0. The Morgan fingerprint density at radius 2 is 1.10 bits per heavy atom. The van der Waals surface area contributed by atoms with Gasteiger partial charge in [0, 0.05) is 27.8 Å². The van der Waals surface area contributed by atoms with Gasteiger partial charge in [0.25, 0.3) is 0 Å². The van der Waals surface area contributed by atoms with Crippen LogP contribution in [0.4, 0.5) is 4.39 Å². The number of hydrogen-bond acceptors (Lipinski definition) is 4. The van der Waals surface area contributed by atoms with Crippen molar-refractivity contribution in [2.75, 3.05) is 0 Å². The highest BCUT2D eigenvalue weighted by Gasteiger charge is 2.32. The number of benzene rings is 5. The molecule has 41 heavy (non-hydrogen) atoms. The van der Waals surface area contributed by atoms with E-state index in [1.807, 2.05) is 72.8 Å². The van der Waals surface area contributed by atoms with Crippen molar-refractivity contribution in [3.8, 4) is 62.2 Å². The summed E-state index contributed by atoms with van der Waals surface area (Å²) in [6, 6.07) is 38.9. The van der Waals surface area contributed by atoms with Crippen molar-refractivity contribution in [2.45, 2.75) is 19.4 Å². The molecular formula is C36H26FN3O. The van der Waals surface area contributed by atoms with Gasteiger partial charge in [-0.15, -0.1) is 0 Å². The van der Waals surface area contributed by atoms with Crippen LogP contribution in [0.5, 0.6) is 5.75 Å². The van der Waals surface area contributed by atoms with Crippen LogP contribution in [-0.2, 0) is 5.60 Å². The summed E-state index contributed by atoms with van der Waals surface area (Å²) in [4.78, 5) is 14.7. The summed E-state index contributed by atoms with van der Waals surface area (Å²) in [6.07, 6.45) is 0. The quantitative estimate of drug-likeness (QED) is 0.226. The minimum Gasteiger partial charge on any atom is -0.482 e. The molecule has 0 spiro atoms. The minimum absolute atomic E-state index is 0.263. The molecule has 6 aromatic rings. The molecule has 0 saturated heterocycles. The maximum atomic E-state index is 13.5. The van der Waals surface area contributed by atoms with Crippen LogP contribution in [0.15, 0.2) is 121 Å². The maximum absolute atomic E-state index is 13.5. The first kappa shape index (κ1) is 24.9. The standard InChI is InChI=1S/C36H26FN3O/c1-36(2)31-14-7-6-13-29(31)30-20-17-27(22-32(30)41-36)35-39-33(24-9-4-3-5-10-24)38-34(40-35)26-12-8-11-25(21-26)23-15-18-28(37)19-16-23/h3-22H,1-2H3. The second kappa shape index (κ2) is 9.79. The molecule has 0 unspecified atom stereocenters. The van der Waals surface area contributed by atoms with Crippen LogP contribution in [0.25, 0.3) is 56.4 Å². The lowest BCUT2D eigenvalue weighted by molar-refractivity contribution is 0.106. The first-order chi connectivity index (χ1) is 19.9. The number of rotatable bonds is 4. The van der Waals surface area contributed by atoms with Gasteiger partial charge in [-0.05, 0) is 60.9 Å². The monoisotopic (exact) mass is 535 g/mol. The van der Waals surface area contributed by atoms with Gasteiger partial charge in [-0.3, -0.25) is 0 Å². The molecule has 1 aliphatic rings. The fraction of sp³-hybridized carbons (Fsp3) is 0.0833. The topological polar surface area (TPSA) is 47.9 Å². The van der Waals surface area contributed by atoms with Crippen LogP contribution in [-0.4, -0.2) is 15.0 Å². The minimum atomic E-state index is -0.470. The Kier molecular flexibility index (Phi) is 5.93. The molecule has 0 aliphatic carbocycles. The summed E-state index contributed by atoms with van der Waals surface area (Å²) in [5.41, 5.74) is 7.37. The van der Waals surface area contributed by atoms with Gasteiger partial charge in [-0.1, -0.05) is 91.0 Å². The van der Waals surface area contributed by atoms with Gasteiger partial charge in [-0.25, -0.2) is 19.3 Å². The lowest BCUT2D eigenvalue weighted by Gasteiger charge is -2.35. The van der Waals surface area contributed by atoms with Crippen LogP contribution < -0.4 is 4.74 Å². The third-order valence-corrected chi connectivity index (χ3v) is 7.44. The molecule has 0 fully saturated rings. The molecule has 198 valence electrons. The summed E-state index contributed by atoms with van der Waals surface area (Å²) in [5, 5.41) is 0. The molecule has 0 saturated carbocycles. The normalized spacial score (nSPS) is 13.1. The predicted octanol–water partition coefficient (Wildman–Crippen LogP) is 8.97. The molecule has 0 atom stereocenters. The van der Waals surface area contributed by atoms with Crippen LogP contribution in [0.2, 0.25) is 0 Å². The van der Waals surface area contributed by atoms with E-state index in [-0.39, 0.29) is 5.82 Å². The van der Waals surface area contributed by atoms with E-state index in [4.69, 9.17) is 19.7 Å². The Morgan fingerprint density at radius 1 is 0.512 bits per heavy atom. The number of nitrogens with zero attached hydrogens (tertiary/aromatic N) is 3. The first-order valence-corrected chi connectivity index (χ1v) is 13.6. The third-order valence-electron chi connectivity index (χ3n) is 7.44. The van der Waals surface area contributed by atoms with Gasteiger partial charge in [0.15, 0.2) is 17.5 Å². The lowest BCUT2D eigenvalue weighted by Crippen LogP contribution is -2.29. The Balaban J connectivity index is 1.37. The molecule has 4 nitrogen and oxygen atoms in total. The van der Waals surface area contributed by atoms with E-state index in [2.05, 4.69) is 38.1 Å². The van der Waals surface area contributed by atoms with Crippen molar-refractivity contribution in [1.29, 1.82) is 0 Å². The zero-order valence-corrected chi connectivity index (χ0v) is 22.7. The fourth-order valence-electron chi connectivity index (χ4n) is 5.37. The number of halogens is 1. The van der Waals surface area contributed by atoms with Gasteiger partial charge in [0.2, 0.25) is 0 Å². The molecular weight excluding hydrogens is 509 g/mol. The smallest absolute Gasteiger partial charge is 0.164 e. The second-order valence-corrected chi connectivity index (χ2v) is 10.6. The third kappa shape index (κ3) is 4.66. The highest BCUT2D eigenvalue weighted by molar-refractivity contribution is 5.80. The Morgan fingerprint density at radius 3 is 1.85 bits per heavy atom. The van der Waals surface area contributed by atoms with Crippen molar-refractivity contribution in [3.63, 3.8) is 0 Å². The SMILES string of the molecule is CC1(C)Oc2cc(-c3nc(-c4ccccc4)nc(-c4cccc(-c5ccc(F)cc5)c4)n3)ccc2-c2ccccc21. The van der Waals surface area contributed by atoms with Crippen LogP contribution in [0, 0.1) is 5.82 Å². The molecule has 1 aromatic heterocycles. The van der Waals surface area contributed by atoms with E-state index >= 15 is 0 Å². The van der Waals surface area contributed by atoms with Gasteiger partial charge in [-0.2, -0.15) is 0 Å². The molecule has 5 heteroatoms. The van der Waals surface area contributed by atoms with Crippen LogP contribution >= 0.6 is 0 Å². The van der Waals surface area contributed by atoms with E-state index in [0.717, 1.165) is 44.7 Å². The molecule has 2 heterocycles. The van der Waals surface area contributed by atoms with E-state index < -0.39 is 5.60 Å². The predicted molar refractivity (Wildman–Crippen MR) is 161 cm³/mol. The number of hydrogen-bond donors (Lipinski definition) is 0. The van der Waals surface area contributed by atoms with Crippen molar-refractivity contribution in [3.05, 3.63) is 133 Å². The molecule has 0 N–H and O–H groups in total. The summed E-state index contributed by atoms with van der Waals surface area (Å²) in [6.45, 7) is 4.17. The molecule has 0 radical (unpaired) electrons. The second-order valence-electron chi connectivity index (χ2n) is 10.6. The van der Waals surface area contributed by atoms with E-state index in [1.165, 1.54) is 17.7 Å². The van der Waals surface area contributed by atoms with Crippen LogP contribution in [0.1, 0.15) is 19.4 Å². The average molecular weight is 536 g/mol. The summed E-state index contributed by atoms with van der Waals surface area (Å²) < 4.78 is 20.1. The van der Waals surface area contributed by atoms with Gasteiger partial charge in [0.05, 0.1) is 0 Å². The largest absolute Gasteiger partial charge is 0.482 e. The zero-order valence-electron chi connectivity index (χ0n) is 22.7. The lowest BCUT2D eigenvalue weighted by atomic mass is 9.86. The Bertz CT molecular complexity index is 1900. The Labute approximate surface area is 238 Å². The first-order valence-electron chi connectivity index (χ1n) is 13.6. The number of aromatic nitrogens is 3. The zero-order chi connectivity index (χ0) is 28.0.